The monoisotopic (exact) mass is 231 g/mol. The smallest absolute Gasteiger partial charge is 0.168 e. The van der Waals surface area contributed by atoms with E-state index in [9.17, 15) is 0 Å². The summed E-state index contributed by atoms with van der Waals surface area (Å²) < 4.78 is 26.3. The molecular weight excluding hydrogens is 214 g/mol. The summed E-state index contributed by atoms with van der Waals surface area (Å²) in [4.78, 5) is 0. The molecule has 1 atom stereocenters. The molecule has 0 fully saturated rings. The third-order valence-electron chi connectivity index (χ3n) is 1.80. The van der Waals surface area contributed by atoms with Crippen LogP contribution in [0.2, 0.25) is 0 Å². The maximum absolute atomic E-state index is 8.56. The van der Waals surface area contributed by atoms with Gasteiger partial charge in [0.2, 0.25) is 0 Å². The van der Waals surface area contributed by atoms with Gasteiger partial charge in [-0.25, -0.2) is 8.78 Å². The second kappa shape index (κ2) is 9.76. The standard InChI is InChI=1S/C10H16N.H2O3S/c1-2-3-5-8-11-9-6-4-7-10-11;1-4(2)3/h4,6-7,9-10H,2-3,5,8H2,1H3;(H2,1,2,3)/q+1;/p-1. The number of hydrogen-bond acceptors (Lipinski definition) is 2. The Kier molecular flexibility index (Phi) is 9.26. The normalized spacial score (nSPS) is 11.4. The Morgan fingerprint density at radius 3 is 2.27 bits per heavy atom. The van der Waals surface area contributed by atoms with Crippen LogP contribution in [0.15, 0.2) is 30.6 Å². The van der Waals surface area contributed by atoms with Crippen LogP contribution in [0.25, 0.3) is 0 Å². The maximum atomic E-state index is 8.56. The number of pyridine rings is 1. The second-order valence-corrected chi connectivity index (χ2v) is 3.47. The highest BCUT2D eigenvalue weighted by Crippen LogP contribution is 1.92. The average molecular weight is 231 g/mol. The first-order valence-corrected chi connectivity index (χ1v) is 5.92. The molecule has 0 saturated carbocycles. The van der Waals surface area contributed by atoms with Gasteiger partial charge in [-0.1, -0.05) is 19.4 Å². The second-order valence-electron chi connectivity index (χ2n) is 3.04. The van der Waals surface area contributed by atoms with Crippen LogP contribution in [-0.2, 0) is 17.9 Å². The van der Waals surface area contributed by atoms with Gasteiger partial charge in [0.15, 0.2) is 12.4 Å². The van der Waals surface area contributed by atoms with Crippen LogP contribution in [0.1, 0.15) is 26.2 Å². The summed E-state index contributed by atoms with van der Waals surface area (Å²) in [6.45, 7) is 3.39. The lowest BCUT2D eigenvalue weighted by molar-refractivity contribution is -0.697. The lowest BCUT2D eigenvalue weighted by atomic mass is 10.2. The molecule has 0 saturated heterocycles. The van der Waals surface area contributed by atoms with Gasteiger partial charge in [-0.2, -0.15) is 0 Å². The Bertz CT molecular complexity index is 263. The molecule has 1 rings (SSSR count). The maximum Gasteiger partial charge on any atom is 0.168 e. The Morgan fingerprint density at radius 2 is 1.80 bits per heavy atom. The Hall–Kier alpha value is -0.780. The molecule has 0 amide bonds. The minimum atomic E-state index is -2.86. The van der Waals surface area contributed by atoms with Crippen LogP contribution in [0.5, 0.6) is 0 Å². The van der Waals surface area contributed by atoms with Crippen molar-refractivity contribution in [1.29, 1.82) is 0 Å². The highest BCUT2D eigenvalue weighted by atomic mass is 32.2. The summed E-state index contributed by atoms with van der Waals surface area (Å²) in [5.41, 5.74) is 0. The van der Waals surface area contributed by atoms with Gasteiger partial charge in [0, 0.05) is 18.6 Å². The SMILES string of the molecule is CCCCC[n+]1ccccc1.O=S([O-])O. The van der Waals surface area contributed by atoms with Crippen LogP contribution in [0.4, 0.5) is 0 Å². The van der Waals surface area contributed by atoms with Crippen molar-refractivity contribution in [2.45, 2.75) is 32.7 Å². The first-order chi connectivity index (χ1) is 7.16. The number of aryl methyl sites for hydroxylation is 1. The van der Waals surface area contributed by atoms with Crippen LogP contribution >= 0.6 is 0 Å². The highest BCUT2D eigenvalue weighted by molar-refractivity contribution is 7.73. The molecule has 1 heterocycles. The Labute approximate surface area is 93.1 Å². The molecule has 1 aromatic rings. The zero-order valence-corrected chi connectivity index (χ0v) is 9.65. The number of rotatable bonds is 4. The van der Waals surface area contributed by atoms with Gasteiger partial charge in [0.05, 0.1) is 11.4 Å². The summed E-state index contributed by atoms with van der Waals surface area (Å²) in [6, 6.07) is 6.20. The van der Waals surface area contributed by atoms with E-state index >= 15 is 0 Å². The van der Waals surface area contributed by atoms with Crippen molar-refractivity contribution in [3.8, 4) is 0 Å². The molecule has 0 bridgehead atoms. The minimum Gasteiger partial charge on any atom is -0.750 e. The van der Waals surface area contributed by atoms with Gasteiger partial charge >= 0.3 is 0 Å². The fourth-order valence-corrected chi connectivity index (χ4v) is 1.13. The van der Waals surface area contributed by atoms with Gasteiger partial charge < -0.3 is 9.11 Å². The third kappa shape index (κ3) is 11.1. The molecule has 4 nitrogen and oxygen atoms in total. The van der Waals surface area contributed by atoms with E-state index in [1.54, 1.807) is 0 Å². The molecule has 0 aliphatic rings. The van der Waals surface area contributed by atoms with Crippen molar-refractivity contribution in [2.24, 2.45) is 0 Å². The molecule has 5 heteroatoms. The molecule has 1 unspecified atom stereocenters. The number of hydrogen-bond donors (Lipinski definition) is 1. The van der Waals surface area contributed by atoms with Gasteiger partial charge in [-0.15, -0.1) is 0 Å². The summed E-state index contributed by atoms with van der Waals surface area (Å²) in [6.07, 6.45) is 8.17. The van der Waals surface area contributed by atoms with Crippen LogP contribution in [-0.4, -0.2) is 13.3 Å². The van der Waals surface area contributed by atoms with Crippen LogP contribution in [0.3, 0.4) is 0 Å². The average Bonchev–Trinajstić information content (AvgIpc) is 2.19. The van der Waals surface area contributed by atoms with Crippen molar-refractivity contribution < 1.29 is 17.9 Å². The fraction of sp³-hybridized carbons (Fsp3) is 0.500. The minimum absolute atomic E-state index is 1.16. The highest BCUT2D eigenvalue weighted by Gasteiger charge is 1.94. The van der Waals surface area contributed by atoms with Crippen LogP contribution < -0.4 is 4.57 Å². The van der Waals surface area contributed by atoms with E-state index in [4.69, 9.17) is 13.3 Å². The predicted octanol–water partition coefficient (Wildman–Crippen LogP) is 1.50. The van der Waals surface area contributed by atoms with Crippen LogP contribution in [0, 0.1) is 0 Å². The van der Waals surface area contributed by atoms with Crippen molar-refractivity contribution in [2.75, 3.05) is 0 Å². The quantitative estimate of drug-likeness (QED) is 0.485. The van der Waals surface area contributed by atoms with E-state index in [-0.39, 0.29) is 0 Å². The predicted molar refractivity (Wildman–Crippen MR) is 57.7 cm³/mol. The zero-order chi connectivity index (χ0) is 11.5. The molecule has 1 N–H and O–H groups in total. The van der Waals surface area contributed by atoms with Gasteiger partial charge in [-0.05, 0) is 6.42 Å². The zero-order valence-electron chi connectivity index (χ0n) is 8.83. The molecule has 15 heavy (non-hydrogen) atoms. The summed E-state index contributed by atoms with van der Waals surface area (Å²) in [5.74, 6) is 0. The Morgan fingerprint density at radius 1 is 1.27 bits per heavy atom. The molecule has 0 radical (unpaired) electrons. The van der Waals surface area contributed by atoms with Crippen molar-refractivity contribution in [3.63, 3.8) is 0 Å². The lowest BCUT2D eigenvalue weighted by Gasteiger charge is -1.93. The van der Waals surface area contributed by atoms with Crippen molar-refractivity contribution in [3.05, 3.63) is 30.6 Å². The van der Waals surface area contributed by atoms with E-state index in [1.165, 1.54) is 19.3 Å². The van der Waals surface area contributed by atoms with E-state index in [0.717, 1.165) is 6.54 Å². The molecule has 0 aliphatic heterocycles. The summed E-state index contributed by atoms with van der Waals surface area (Å²) in [7, 11) is 0. The molecule has 1 aromatic heterocycles. The van der Waals surface area contributed by atoms with Crippen molar-refractivity contribution in [1.82, 2.24) is 0 Å². The summed E-state index contributed by atoms with van der Waals surface area (Å²) >= 11 is -2.86. The van der Waals surface area contributed by atoms with E-state index in [0.29, 0.717) is 0 Å². The third-order valence-corrected chi connectivity index (χ3v) is 1.80. The molecule has 86 valence electrons. The van der Waals surface area contributed by atoms with Gasteiger partial charge in [0.25, 0.3) is 0 Å². The fourth-order valence-electron chi connectivity index (χ4n) is 1.13. The molecule has 0 aromatic carbocycles. The number of unbranched alkanes of at least 4 members (excludes halogenated alkanes) is 2. The van der Waals surface area contributed by atoms with Gasteiger partial charge in [-0.3, -0.25) is 0 Å². The van der Waals surface area contributed by atoms with Crippen molar-refractivity contribution >= 4 is 11.4 Å². The van der Waals surface area contributed by atoms with E-state index in [1.807, 2.05) is 0 Å². The topological polar surface area (TPSA) is 64.2 Å². The van der Waals surface area contributed by atoms with E-state index in [2.05, 4.69) is 42.1 Å². The lowest BCUT2D eigenvalue weighted by Crippen LogP contribution is -2.31. The molecule has 0 spiro atoms. The molecular formula is C10H17NO3S. The number of nitrogens with zero attached hydrogens (tertiary/aromatic N) is 1. The van der Waals surface area contributed by atoms with Gasteiger partial charge in [0.1, 0.15) is 6.54 Å². The first-order valence-electron chi connectivity index (χ1n) is 4.89. The number of aromatic nitrogens is 1. The van der Waals surface area contributed by atoms with E-state index < -0.39 is 11.4 Å². The summed E-state index contributed by atoms with van der Waals surface area (Å²) in [5, 5.41) is 0. The molecule has 0 aliphatic carbocycles. The largest absolute Gasteiger partial charge is 0.750 e. The Balaban J connectivity index is 0.000000423. The first kappa shape index (κ1) is 14.2.